The van der Waals surface area contributed by atoms with Gasteiger partial charge in [0.25, 0.3) is 0 Å². The molecule has 1 aliphatic heterocycles. The number of halogens is 4. The molecule has 2 unspecified atom stereocenters. The molecule has 0 aliphatic carbocycles. The summed E-state index contributed by atoms with van der Waals surface area (Å²) in [5.41, 5.74) is 5.18. The molecule has 1 aliphatic rings. The summed E-state index contributed by atoms with van der Waals surface area (Å²) in [6.45, 7) is -1.01. The first-order valence-electron chi connectivity index (χ1n) is 8.00. The number of Topliss-reactive ketones (excluding diaryl/α,β-unsaturated/α-hetero) is 1. The van der Waals surface area contributed by atoms with Crippen LogP contribution in [0.5, 0.6) is 5.75 Å². The number of nitrogens with one attached hydrogen (secondary N) is 2. The van der Waals surface area contributed by atoms with Gasteiger partial charge in [-0.1, -0.05) is 0 Å². The van der Waals surface area contributed by atoms with Crippen LogP contribution in [0.1, 0.15) is 12.8 Å². The number of carbonyl (C=O) groups is 3. The van der Waals surface area contributed by atoms with Crippen LogP contribution >= 0.6 is 0 Å². The van der Waals surface area contributed by atoms with Crippen LogP contribution in [-0.2, 0) is 14.4 Å². The summed E-state index contributed by atoms with van der Waals surface area (Å²) >= 11 is 0. The Morgan fingerprint density at radius 1 is 1.26 bits per heavy atom. The lowest BCUT2D eigenvalue weighted by molar-refractivity contribution is -0.129. The Labute approximate surface area is 151 Å². The molecule has 2 atom stereocenters. The number of carbonyl (C=O) groups excluding carboxylic acids is 3. The zero-order chi connectivity index (χ0) is 20.1. The van der Waals surface area contributed by atoms with Crippen molar-refractivity contribution in [1.82, 2.24) is 10.6 Å². The van der Waals surface area contributed by atoms with Gasteiger partial charge in [0, 0.05) is 18.5 Å². The van der Waals surface area contributed by atoms with Crippen LogP contribution in [-0.4, -0.2) is 43.3 Å². The van der Waals surface area contributed by atoms with E-state index < -0.39 is 65.8 Å². The van der Waals surface area contributed by atoms with Crippen molar-refractivity contribution < 1.29 is 36.7 Å². The Balaban J connectivity index is 2.11. The molecule has 0 bridgehead atoms. The van der Waals surface area contributed by atoms with E-state index in [9.17, 15) is 31.9 Å². The highest BCUT2D eigenvalue weighted by Gasteiger charge is 2.32. The van der Waals surface area contributed by atoms with E-state index in [1.54, 1.807) is 0 Å². The van der Waals surface area contributed by atoms with Gasteiger partial charge in [-0.25, -0.2) is 8.78 Å². The van der Waals surface area contributed by atoms with Gasteiger partial charge in [0.2, 0.25) is 23.4 Å². The summed E-state index contributed by atoms with van der Waals surface area (Å²) in [6.07, 6.45) is 0.350. The van der Waals surface area contributed by atoms with E-state index in [4.69, 9.17) is 5.73 Å². The molecule has 1 aromatic rings. The molecular formula is C16H17F4N3O4. The Morgan fingerprint density at radius 3 is 2.41 bits per heavy atom. The smallest absolute Gasteiger partial charge is 0.234 e. The van der Waals surface area contributed by atoms with Crippen LogP contribution in [0.4, 0.5) is 17.6 Å². The second-order valence-electron chi connectivity index (χ2n) is 5.89. The molecule has 1 heterocycles. The third kappa shape index (κ3) is 4.94. The van der Waals surface area contributed by atoms with Gasteiger partial charge in [-0.05, 0) is 12.8 Å². The molecule has 2 rings (SSSR count). The number of rotatable bonds is 8. The van der Waals surface area contributed by atoms with Crippen molar-refractivity contribution >= 4 is 17.6 Å². The summed E-state index contributed by atoms with van der Waals surface area (Å²) in [7, 11) is 0. The van der Waals surface area contributed by atoms with Gasteiger partial charge in [-0.2, -0.15) is 8.78 Å². The fraction of sp³-hybridized carbons (Fsp3) is 0.438. The largest absolute Gasteiger partial charge is 0.479 e. The first-order chi connectivity index (χ1) is 12.7. The van der Waals surface area contributed by atoms with Crippen LogP contribution in [0.2, 0.25) is 0 Å². The zero-order valence-electron chi connectivity index (χ0n) is 14.0. The Hall–Kier alpha value is -2.69. The Morgan fingerprint density at radius 2 is 1.89 bits per heavy atom. The molecule has 0 spiro atoms. The number of hydrogen-bond donors (Lipinski definition) is 3. The van der Waals surface area contributed by atoms with Crippen molar-refractivity contribution in [2.24, 2.45) is 11.7 Å². The van der Waals surface area contributed by atoms with Crippen molar-refractivity contribution in [2.45, 2.75) is 18.9 Å². The van der Waals surface area contributed by atoms with Crippen LogP contribution < -0.4 is 21.1 Å². The second-order valence-corrected chi connectivity index (χ2v) is 5.89. The minimum atomic E-state index is -1.79. The van der Waals surface area contributed by atoms with E-state index in [0.717, 1.165) is 0 Å². The molecule has 2 amide bonds. The van der Waals surface area contributed by atoms with E-state index in [1.807, 2.05) is 0 Å². The van der Waals surface area contributed by atoms with Crippen molar-refractivity contribution in [1.29, 1.82) is 0 Å². The van der Waals surface area contributed by atoms with Crippen LogP contribution in [0.3, 0.4) is 0 Å². The highest BCUT2D eigenvalue weighted by molar-refractivity contribution is 5.91. The van der Waals surface area contributed by atoms with E-state index >= 15 is 0 Å². The summed E-state index contributed by atoms with van der Waals surface area (Å²) in [5.74, 6) is -10.8. The predicted octanol–water partition coefficient (Wildman–Crippen LogP) is 0.161. The van der Waals surface area contributed by atoms with Crippen molar-refractivity contribution in [3.8, 4) is 5.75 Å². The molecule has 27 heavy (non-hydrogen) atoms. The standard InChI is InChI=1S/C16H17F4N3O4/c17-8-4-9(18)14(20)15(13(8)19)27-6-11(24)10(23-12(25)5-21)3-7-1-2-22-16(7)26/h4,7,10H,1-3,5-6,21H2,(H,22,26)(H,23,25). The second kappa shape index (κ2) is 8.80. The number of hydrogen-bond acceptors (Lipinski definition) is 5. The minimum Gasteiger partial charge on any atom is -0.479 e. The number of ketones is 1. The van der Waals surface area contributed by atoms with Gasteiger partial charge in [-0.15, -0.1) is 0 Å². The highest BCUT2D eigenvalue weighted by atomic mass is 19.2. The molecule has 148 valence electrons. The van der Waals surface area contributed by atoms with Gasteiger partial charge in [-0.3, -0.25) is 14.4 Å². The molecule has 1 aromatic carbocycles. The number of nitrogens with two attached hydrogens (primary N) is 1. The SMILES string of the molecule is NCC(=O)NC(CC1CCNC1=O)C(=O)COc1c(F)c(F)cc(F)c1F. The number of ether oxygens (including phenoxy) is 1. The highest BCUT2D eigenvalue weighted by Crippen LogP contribution is 2.26. The molecule has 1 saturated heterocycles. The number of amides is 2. The van der Waals surface area contributed by atoms with Crippen LogP contribution in [0.15, 0.2) is 6.07 Å². The third-order valence-electron chi connectivity index (χ3n) is 4.02. The van der Waals surface area contributed by atoms with Gasteiger partial charge in [0.15, 0.2) is 23.2 Å². The molecule has 1 fully saturated rings. The van der Waals surface area contributed by atoms with Crippen molar-refractivity contribution in [3.05, 3.63) is 29.3 Å². The molecular weight excluding hydrogens is 374 g/mol. The van der Waals surface area contributed by atoms with E-state index in [2.05, 4.69) is 15.4 Å². The van der Waals surface area contributed by atoms with Gasteiger partial charge in [0.1, 0.15) is 6.61 Å². The normalized spacial score (nSPS) is 17.4. The maximum Gasteiger partial charge on any atom is 0.234 e. The van der Waals surface area contributed by atoms with Gasteiger partial charge >= 0.3 is 0 Å². The van der Waals surface area contributed by atoms with Crippen molar-refractivity contribution in [2.75, 3.05) is 19.7 Å². The maximum absolute atomic E-state index is 13.6. The van der Waals surface area contributed by atoms with E-state index in [0.29, 0.717) is 13.0 Å². The molecule has 7 nitrogen and oxygen atoms in total. The third-order valence-corrected chi connectivity index (χ3v) is 4.02. The Kier molecular flexibility index (Phi) is 6.72. The number of benzene rings is 1. The minimum absolute atomic E-state index is 0.00231. The van der Waals surface area contributed by atoms with Gasteiger partial charge < -0.3 is 21.1 Å². The summed E-state index contributed by atoms with van der Waals surface area (Å²) in [4.78, 5) is 35.5. The summed E-state index contributed by atoms with van der Waals surface area (Å²) < 4.78 is 58.1. The predicted molar refractivity (Wildman–Crippen MR) is 83.5 cm³/mol. The zero-order valence-corrected chi connectivity index (χ0v) is 14.0. The quantitative estimate of drug-likeness (QED) is 0.432. The molecule has 11 heteroatoms. The molecule has 4 N–H and O–H groups in total. The van der Waals surface area contributed by atoms with Crippen molar-refractivity contribution in [3.63, 3.8) is 0 Å². The molecule has 0 radical (unpaired) electrons. The average Bonchev–Trinajstić information content (AvgIpc) is 3.03. The lowest BCUT2D eigenvalue weighted by Gasteiger charge is -2.20. The molecule has 0 aromatic heterocycles. The van der Waals surface area contributed by atoms with Crippen LogP contribution in [0, 0.1) is 29.2 Å². The van der Waals surface area contributed by atoms with E-state index in [-0.39, 0.29) is 18.4 Å². The first kappa shape index (κ1) is 20.6. The monoisotopic (exact) mass is 391 g/mol. The summed E-state index contributed by atoms with van der Waals surface area (Å²) in [5, 5.41) is 4.86. The lowest BCUT2D eigenvalue weighted by atomic mass is 9.96. The lowest BCUT2D eigenvalue weighted by Crippen LogP contribution is -2.46. The van der Waals surface area contributed by atoms with Crippen LogP contribution in [0.25, 0.3) is 0 Å². The average molecular weight is 391 g/mol. The maximum atomic E-state index is 13.6. The molecule has 0 saturated carbocycles. The first-order valence-corrected chi connectivity index (χ1v) is 8.00. The Bertz CT molecular complexity index is 733. The summed E-state index contributed by atoms with van der Waals surface area (Å²) in [6, 6.07) is -1.22. The fourth-order valence-electron chi connectivity index (χ4n) is 2.60. The fourth-order valence-corrected chi connectivity index (χ4v) is 2.60. The topological polar surface area (TPSA) is 111 Å². The van der Waals surface area contributed by atoms with Gasteiger partial charge in [0.05, 0.1) is 12.6 Å². The van der Waals surface area contributed by atoms with E-state index in [1.165, 1.54) is 0 Å².